The molecule has 3 aromatic heterocycles. The maximum atomic E-state index is 5.98. The number of fused-ring (bicyclic) bond motifs is 1. The average molecular weight is 363 g/mol. The molecule has 0 saturated carbocycles. The molecule has 1 aliphatic rings. The van der Waals surface area contributed by atoms with E-state index in [2.05, 4.69) is 32.1 Å². The van der Waals surface area contributed by atoms with E-state index in [1.54, 1.807) is 11.3 Å². The van der Waals surface area contributed by atoms with Crippen molar-refractivity contribution in [1.82, 2.24) is 24.8 Å². The third kappa shape index (κ3) is 2.75. The molecule has 26 heavy (non-hydrogen) atoms. The first-order valence-electron chi connectivity index (χ1n) is 8.58. The van der Waals surface area contributed by atoms with Crippen LogP contribution in [0.5, 0.6) is 6.01 Å². The molecule has 0 radical (unpaired) electrons. The first kappa shape index (κ1) is 15.5. The van der Waals surface area contributed by atoms with Crippen molar-refractivity contribution >= 4 is 22.4 Å². The fourth-order valence-corrected chi connectivity index (χ4v) is 3.88. The molecule has 0 amide bonds. The molecule has 1 saturated heterocycles. The fourth-order valence-electron chi connectivity index (χ4n) is 3.22. The topological polar surface area (TPSA) is 64.9 Å². The highest BCUT2D eigenvalue weighted by Crippen LogP contribution is 2.30. The normalized spacial score (nSPS) is 17.0. The fraction of sp³-hybridized carbons (Fsp3) is 0.211. The number of hydrogen-bond acceptors (Lipinski definition) is 6. The average Bonchev–Trinajstić information content (AvgIpc) is 3.43. The number of thiophene rings is 1. The van der Waals surface area contributed by atoms with Gasteiger partial charge in [0.25, 0.3) is 0 Å². The Labute approximate surface area is 154 Å². The monoisotopic (exact) mass is 363 g/mol. The Balaban J connectivity index is 1.64. The summed E-state index contributed by atoms with van der Waals surface area (Å²) in [7, 11) is 0. The van der Waals surface area contributed by atoms with Gasteiger partial charge in [-0.2, -0.15) is 16.3 Å². The highest BCUT2D eigenvalue weighted by Gasteiger charge is 2.20. The molecule has 1 N–H and O–H groups in total. The Morgan fingerprint density at radius 2 is 2.15 bits per heavy atom. The molecule has 1 aromatic carbocycles. The van der Waals surface area contributed by atoms with E-state index in [-0.39, 0.29) is 6.10 Å². The van der Waals surface area contributed by atoms with Crippen LogP contribution in [0.3, 0.4) is 0 Å². The Hall–Kier alpha value is -2.77. The molecule has 1 fully saturated rings. The number of benzene rings is 1. The van der Waals surface area contributed by atoms with Crippen LogP contribution in [0, 0.1) is 0 Å². The second-order valence-corrected chi connectivity index (χ2v) is 7.02. The summed E-state index contributed by atoms with van der Waals surface area (Å²) in [5.74, 6) is 0.785. The number of imidazole rings is 1. The predicted molar refractivity (Wildman–Crippen MR) is 102 cm³/mol. The van der Waals surface area contributed by atoms with Crippen LogP contribution < -0.4 is 10.1 Å². The lowest BCUT2D eigenvalue weighted by Gasteiger charge is -2.14. The standard InChI is InChI=1S/C19H17N5OS/c1-2-4-17-16(3-1)22-12-24(17)18-15(13-6-8-26-11-13)10-21-19(23-18)25-14-5-7-20-9-14/h1-4,6,8,10-12,14,20H,5,7,9H2. The van der Waals surface area contributed by atoms with Crippen molar-refractivity contribution in [3.05, 3.63) is 53.6 Å². The molecule has 5 rings (SSSR count). The van der Waals surface area contributed by atoms with Crippen LogP contribution in [0.15, 0.2) is 53.6 Å². The quantitative estimate of drug-likeness (QED) is 0.603. The van der Waals surface area contributed by atoms with Gasteiger partial charge in [0.15, 0.2) is 5.82 Å². The number of nitrogens with one attached hydrogen (secondary N) is 1. The van der Waals surface area contributed by atoms with Gasteiger partial charge in [0.1, 0.15) is 12.4 Å². The number of aromatic nitrogens is 4. The van der Waals surface area contributed by atoms with Gasteiger partial charge in [-0.1, -0.05) is 12.1 Å². The number of para-hydroxylation sites is 2. The molecule has 4 heterocycles. The molecule has 7 heteroatoms. The molecular formula is C19H17N5OS. The zero-order chi connectivity index (χ0) is 17.3. The summed E-state index contributed by atoms with van der Waals surface area (Å²) in [6, 6.07) is 10.5. The Morgan fingerprint density at radius 1 is 1.19 bits per heavy atom. The molecular weight excluding hydrogens is 346 g/mol. The smallest absolute Gasteiger partial charge is 0.318 e. The van der Waals surface area contributed by atoms with Crippen molar-refractivity contribution in [2.24, 2.45) is 0 Å². The third-order valence-corrected chi connectivity index (χ3v) is 5.23. The predicted octanol–water partition coefficient (Wildman–Crippen LogP) is 3.28. The van der Waals surface area contributed by atoms with Gasteiger partial charge in [-0.25, -0.2) is 9.97 Å². The zero-order valence-electron chi connectivity index (χ0n) is 14.0. The van der Waals surface area contributed by atoms with Gasteiger partial charge in [0.2, 0.25) is 0 Å². The number of rotatable bonds is 4. The number of nitrogens with zero attached hydrogens (tertiary/aromatic N) is 4. The van der Waals surface area contributed by atoms with Crippen LogP contribution in [-0.2, 0) is 0 Å². The third-order valence-electron chi connectivity index (χ3n) is 4.55. The van der Waals surface area contributed by atoms with Crippen LogP contribution in [0.25, 0.3) is 28.0 Å². The SMILES string of the molecule is c1ccc2c(c1)ncn2-c1nc(OC2CCNC2)ncc1-c1ccsc1. The van der Waals surface area contributed by atoms with Crippen LogP contribution >= 0.6 is 11.3 Å². The summed E-state index contributed by atoms with van der Waals surface area (Å²) in [5, 5.41) is 7.45. The van der Waals surface area contributed by atoms with Gasteiger partial charge in [0.05, 0.1) is 11.0 Å². The molecule has 0 bridgehead atoms. The van der Waals surface area contributed by atoms with Crippen LogP contribution in [0.2, 0.25) is 0 Å². The van der Waals surface area contributed by atoms with Crippen molar-refractivity contribution in [1.29, 1.82) is 0 Å². The van der Waals surface area contributed by atoms with Gasteiger partial charge in [-0.3, -0.25) is 4.57 Å². The molecule has 4 aromatic rings. The minimum absolute atomic E-state index is 0.120. The Bertz CT molecular complexity index is 1040. The van der Waals surface area contributed by atoms with Crippen LogP contribution in [-0.4, -0.2) is 38.7 Å². The van der Waals surface area contributed by atoms with Crippen molar-refractivity contribution in [3.63, 3.8) is 0 Å². The summed E-state index contributed by atoms with van der Waals surface area (Å²) in [6.45, 7) is 1.80. The second kappa shape index (κ2) is 6.51. The highest BCUT2D eigenvalue weighted by molar-refractivity contribution is 7.08. The first-order valence-corrected chi connectivity index (χ1v) is 9.52. The molecule has 0 aliphatic carbocycles. The maximum Gasteiger partial charge on any atom is 0.318 e. The summed E-state index contributed by atoms with van der Waals surface area (Å²) in [5.41, 5.74) is 4.00. The van der Waals surface area contributed by atoms with E-state index < -0.39 is 0 Å². The lowest BCUT2D eigenvalue weighted by atomic mass is 10.1. The highest BCUT2D eigenvalue weighted by atomic mass is 32.1. The van der Waals surface area contributed by atoms with Crippen molar-refractivity contribution in [3.8, 4) is 23.0 Å². The van der Waals surface area contributed by atoms with Crippen molar-refractivity contribution < 1.29 is 4.74 Å². The van der Waals surface area contributed by atoms with E-state index in [0.717, 1.165) is 47.5 Å². The molecule has 1 aliphatic heterocycles. The Morgan fingerprint density at radius 3 is 3.00 bits per heavy atom. The van der Waals surface area contributed by atoms with E-state index in [9.17, 15) is 0 Å². The van der Waals surface area contributed by atoms with Crippen molar-refractivity contribution in [2.75, 3.05) is 13.1 Å². The molecule has 6 nitrogen and oxygen atoms in total. The Kier molecular flexibility index (Phi) is 3.88. The van der Waals surface area contributed by atoms with Crippen LogP contribution in [0.4, 0.5) is 0 Å². The van der Waals surface area contributed by atoms with Gasteiger partial charge in [0, 0.05) is 18.3 Å². The molecule has 0 spiro atoms. The van der Waals surface area contributed by atoms with E-state index in [4.69, 9.17) is 9.72 Å². The summed E-state index contributed by atoms with van der Waals surface area (Å²) < 4.78 is 7.99. The maximum absolute atomic E-state index is 5.98. The summed E-state index contributed by atoms with van der Waals surface area (Å²) in [4.78, 5) is 13.7. The molecule has 1 unspecified atom stereocenters. The van der Waals surface area contributed by atoms with Gasteiger partial charge < -0.3 is 10.1 Å². The summed E-state index contributed by atoms with van der Waals surface area (Å²) in [6.07, 6.45) is 4.74. The van der Waals surface area contributed by atoms with Crippen LogP contribution in [0.1, 0.15) is 6.42 Å². The van der Waals surface area contributed by atoms with Gasteiger partial charge in [-0.15, -0.1) is 0 Å². The number of ether oxygens (including phenoxy) is 1. The number of hydrogen-bond donors (Lipinski definition) is 1. The van der Waals surface area contributed by atoms with Crippen molar-refractivity contribution in [2.45, 2.75) is 12.5 Å². The van der Waals surface area contributed by atoms with E-state index in [1.807, 2.05) is 41.4 Å². The lowest BCUT2D eigenvalue weighted by molar-refractivity contribution is 0.204. The largest absolute Gasteiger partial charge is 0.459 e. The lowest BCUT2D eigenvalue weighted by Crippen LogP contribution is -2.21. The van der Waals surface area contributed by atoms with E-state index in [0.29, 0.717) is 6.01 Å². The second-order valence-electron chi connectivity index (χ2n) is 6.24. The van der Waals surface area contributed by atoms with E-state index in [1.165, 1.54) is 0 Å². The van der Waals surface area contributed by atoms with Gasteiger partial charge in [-0.05, 0) is 47.5 Å². The van der Waals surface area contributed by atoms with Gasteiger partial charge >= 0.3 is 6.01 Å². The minimum atomic E-state index is 0.120. The zero-order valence-corrected chi connectivity index (χ0v) is 14.8. The molecule has 130 valence electrons. The van der Waals surface area contributed by atoms with E-state index >= 15 is 0 Å². The molecule has 1 atom stereocenters. The minimum Gasteiger partial charge on any atom is -0.459 e. The summed E-state index contributed by atoms with van der Waals surface area (Å²) >= 11 is 1.65. The first-order chi connectivity index (χ1) is 12.9.